The number of benzene rings is 2. The van der Waals surface area contributed by atoms with Crippen molar-refractivity contribution < 1.29 is 27.4 Å². The Morgan fingerprint density at radius 3 is 2.27 bits per heavy atom. The molecule has 140 valence electrons. The third-order valence-electron chi connectivity index (χ3n) is 4.69. The van der Waals surface area contributed by atoms with Gasteiger partial charge in [-0.1, -0.05) is 6.07 Å². The lowest BCUT2D eigenvalue weighted by Gasteiger charge is -2.29. The van der Waals surface area contributed by atoms with Crippen molar-refractivity contribution in [3.8, 4) is 11.5 Å². The van der Waals surface area contributed by atoms with Gasteiger partial charge in [-0.15, -0.1) is 0 Å². The summed E-state index contributed by atoms with van der Waals surface area (Å²) in [6, 6.07) is 6.44. The lowest BCUT2D eigenvalue weighted by molar-refractivity contribution is 0.362. The van der Waals surface area contributed by atoms with Crippen LogP contribution >= 0.6 is 0 Å². The molecule has 2 aromatic rings. The summed E-state index contributed by atoms with van der Waals surface area (Å²) in [6.07, 6.45) is 2.31. The molecule has 0 radical (unpaired) electrons. The highest BCUT2D eigenvalue weighted by Gasteiger charge is 2.29. The average Bonchev–Trinajstić information content (AvgIpc) is 2.55. The Morgan fingerprint density at radius 2 is 1.65 bits per heavy atom. The first kappa shape index (κ1) is 18.6. The lowest BCUT2D eigenvalue weighted by Crippen LogP contribution is -2.37. The number of hydrogen-bond donors (Lipinski definition) is 3. The molecule has 0 aliphatic heterocycles. The second kappa shape index (κ2) is 7.20. The number of halogens is 2. The quantitative estimate of drug-likeness (QED) is 0.755. The molecular formula is C18H19F2NO4S. The largest absolute Gasteiger partial charge is 0.508 e. The Kier molecular flexibility index (Phi) is 5.15. The molecule has 0 unspecified atom stereocenters. The minimum absolute atomic E-state index is 0.0161. The molecule has 5 nitrogen and oxygen atoms in total. The number of sulfonamides is 1. The van der Waals surface area contributed by atoms with Gasteiger partial charge in [0.2, 0.25) is 10.0 Å². The molecule has 3 rings (SSSR count). The van der Waals surface area contributed by atoms with Gasteiger partial charge in [0.25, 0.3) is 0 Å². The SMILES string of the molecule is O=S(=O)(NC1CCC(c2ccc(O)cc2O)CC1)c1ccc(F)cc1F. The van der Waals surface area contributed by atoms with E-state index in [0.29, 0.717) is 37.3 Å². The Bertz CT molecular complexity index is 909. The summed E-state index contributed by atoms with van der Waals surface area (Å²) in [5, 5.41) is 19.3. The number of phenols is 2. The van der Waals surface area contributed by atoms with Crippen molar-refractivity contribution >= 4 is 10.0 Å². The molecule has 0 aromatic heterocycles. The standard InChI is InChI=1S/C18H19F2NO4S/c19-12-3-8-18(16(20)9-12)26(24,25)21-13-4-1-11(2-5-13)15-7-6-14(22)10-17(15)23/h3,6-11,13,21-23H,1-2,4-5H2. The summed E-state index contributed by atoms with van der Waals surface area (Å²) in [6.45, 7) is 0. The maximum absolute atomic E-state index is 13.8. The topological polar surface area (TPSA) is 86.6 Å². The Morgan fingerprint density at radius 1 is 0.962 bits per heavy atom. The molecule has 0 atom stereocenters. The number of nitrogens with one attached hydrogen (secondary N) is 1. The van der Waals surface area contributed by atoms with Crippen molar-refractivity contribution in [3.05, 3.63) is 53.6 Å². The van der Waals surface area contributed by atoms with Crippen LogP contribution < -0.4 is 4.72 Å². The summed E-state index contributed by atoms with van der Waals surface area (Å²) in [4.78, 5) is -0.572. The van der Waals surface area contributed by atoms with Crippen molar-refractivity contribution in [1.29, 1.82) is 0 Å². The predicted molar refractivity (Wildman–Crippen MR) is 91.4 cm³/mol. The first-order valence-corrected chi connectivity index (χ1v) is 9.74. The van der Waals surface area contributed by atoms with Gasteiger partial charge in [-0.2, -0.15) is 0 Å². The van der Waals surface area contributed by atoms with Gasteiger partial charge in [-0.05, 0) is 55.4 Å². The fourth-order valence-corrected chi connectivity index (χ4v) is 4.74. The fourth-order valence-electron chi connectivity index (χ4n) is 3.38. The van der Waals surface area contributed by atoms with E-state index in [-0.39, 0.29) is 23.5 Å². The van der Waals surface area contributed by atoms with Gasteiger partial charge in [-0.25, -0.2) is 21.9 Å². The molecule has 0 amide bonds. The number of aromatic hydroxyl groups is 2. The molecule has 0 saturated heterocycles. The minimum Gasteiger partial charge on any atom is -0.508 e. The maximum Gasteiger partial charge on any atom is 0.243 e. The second-order valence-electron chi connectivity index (χ2n) is 6.49. The number of rotatable bonds is 4. The van der Waals surface area contributed by atoms with Crippen molar-refractivity contribution in [1.82, 2.24) is 4.72 Å². The third kappa shape index (κ3) is 3.96. The summed E-state index contributed by atoms with van der Waals surface area (Å²) in [7, 11) is -4.08. The predicted octanol–water partition coefficient (Wildman–Crippen LogP) is 3.38. The maximum atomic E-state index is 13.8. The van der Waals surface area contributed by atoms with E-state index in [0.717, 1.165) is 12.1 Å². The van der Waals surface area contributed by atoms with Gasteiger partial charge in [0, 0.05) is 18.2 Å². The van der Waals surface area contributed by atoms with E-state index >= 15 is 0 Å². The van der Waals surface area contributed by atoms with Gasteiger partial charge >= 0.3 is 0 Å². The van der Waals surface area contributed by atoms with E-state index in [1.165, 1.54) is 12.1 Å². The number of phenolic OH excluding ortho intramolecular Hbond substituents is 2. The van der Waals surface area contributed by atoms with E-state index in [4.69, 9.17) is 0 Å². The van der Waals surface area contributed by atoms with Gasteiger partial charge in [-0.3, -0.25) is 0 Å². The molecule has 0 bridgehead atoms. The summed E-state index contributed by atoms with van der Waals surface area (Å²) in [5.41, 5.74) is 0.716. The number of hydrogen-bond acceptors (Lipinski definition) is 4. The van der Waals surface area contributed by atoms with E-state index in [2.05, 4.69) is 4.72 Å². The van der Waals surface area contributed by atoms with Crippen molar-refractivity contribution in [3.63, 3.8) is 0 Å². The van der Waals surface area contributed by atoms with Crippen molar-refractivity contribution in [2.24, 2.45) is 0 Å². The van der Waals surface area contributed by atoms with Crippen LogP contribution in [0.2, 0.25) is 0 Å². The third-order valence-corrected chi connectivity index (χ3v) is 6.24. The van der Waals surface area contributed by atoms with E-state index in [1.807, 2.05) is 0 Å². The zero-order valence-corrected chi connectivity index (χ0v) is 14.6. The molecule has 2 aromatic carbocycles. The van der Waals surface area contributed by atoms with Crippen LogP contribution in [0.1, 0.15) is 37.2 Å². The highest BCUT2D eigenvalue weighted by atomic mass is 32.2. The Hall–Kier alpha value is -2.19. The second-order valence-corrected chi connectivity index (χ2v) is 8.17. The summed E-state index contributed by atoms with van der Waals surface area (Å²) >= 11 is 0. The minimum atomic E-state index is -4.08. The molecule has 1 aliphatic rings. The molecule has 0 heterocycles. The van der Waals surface area contributed by atoms with E-state index < -0.39 is 26.6 Å². The molecule has 26 heavy (non-hydrogen) atoms. The molecule has 3 N–H and O–H groups in total. The van der Waals surface area contributed by atoms with Crippen LogP contribution in [0.25, 0.3) is 0 Å². The molecule has 8 heteroatoms. The molecule has 1 aliphatic carbocycles. The first-order chi connectivity index (χ1) is 12.3. The zero-order chi connectivity index (χ0) is 18.9. The van der Waals surface area contributed by atoms with Gasteiger partial charge in [0.05, 0.1) is 0 Å². The highest BCUT2D eigenvalue weighted by Crippen LogP contribution is 2.38. The van der Waals surface area contributed by atoms with E-state index in [9.17, 15) is 27.4 Å². The van der Waals surface area contributed by atoms with Crippen LogP contribution in [-0.2, 0) is 10.0 Å². The van der Waals surface area contributed by atoms with Gasteiger partial charge in [0.15, 0.2) is 0 Å². The van der Waals surface area contributed by atoms with Crippen molar-refractivity contribution in [2.75, 3.05) is 0 Å². The highest BCUT2D eigenvalue weighted by molar-refractivity contribution is 7.89. The summed E-state index contributed by atoms with van der Waals surface area (Å²) < 4.78 is 53.9. The Labute approximate surface area is 150 Å². The summed E-state index contributed by atoms with van der Waals surface area (Å²) in [5.74, 6) is -1.91. The monoisotopic (exact) mass is 383 g/mol. The fraction of sp³-hybridized carbons (Fsp3) is 0.333. The van der Waals surface area contributed by atoms with Gasteiger partial charge < -0.3 is 10.2 Å². The van der Waals surface area contributed by atoms with Crippen LogP contribution in [-0.4, -0.2) is 24.7 Å². The van der Waals surface area contributed by atoms with E-state index in [1.54, 1.807) is 6.07 Å². The molecule has 1 saturated carbocycles. The smallest absolute Gasteiger partial charge is 0.243 e. The molecule has 0 spiro atoms. The normalized spacial score (nSPS) is 20.8. The van der Waals surface area contributed by atoms with Crippen LogP contribution in [0.3, 0.4) is 0 Å². The van der Waals surface area contributed by atoms with Gasteiger partial charge in [0.1, 0.15) is 28.0 Å². The van der Waals surface area contributed by atoms with Crippen LogP contribution in [0.15, 0.2) is 41.3 Å². The zero-order valence-electron chi connectivity index (χ0n) is 13.8. The van der Waals surface area contributed by atoms with Crippen LogP contribution in [0.4, 0.5) is 8.78 Å². The lowest BCUT2D eigenvalue weighted by atomic mass is 9.81. The first-order valence-electron chi connectivity index (χ1n) is 8.25. The van der Waals surface area contributed by atoms with Crippen LogP contribution in [0.5, 0.6) is 11.5 Å². The Balaban J connectivity index is 1.66. The van der Waals surface area contributed by atoms with Crippen molar-refractivity contribution in [2.45, 2.75) is 42.5 Å². The molecular weight excluding hydrogens is 364 g/mol. The van der Waals surface area contributed by atoms with Crippen LogP contribution in [0, 0.1) is 11.6 Å². The molecule has 1 fully saturated rings. The average molecular weight is 383 g/mol.